The van der Waals surface area contributed by atoms with Crippen molar-refractivity contribution in [1.29, 1.82) is 0 Å². The molecule has 0 aliphatic carbocycles. The first-order valence-corrected chi connectivity index (χ1v) is 5.20. The largest absolute Gasteiger partial charge is 0.322 e. The average Bonchev–Trinajstić information content (AvgIpc) is 2.20. The second kappa shape index (κ2) is 5.34. The number of nitro benzene ring substituents is 1. The van der Waals surface area contributed by atoms with Gasteiger partial charge >= 0.3 is 0 Å². The summed E-state index contributed by atoms with van der Waals surface area (Å²) < 4.78 is 0. The zero-order chi connectivity index (χ0) is 12.3. The maximum absolute atomic E-state index is 11.1. The fourth-order valence-electron chi connectivity index (χ4n) is 0.906. The summed E-state index contributed by atoms with van der Waals surface area (Å²) in [6.45, 7) is 0. The first-order chi connectivity index (χ1) is 7.41. The van der Waals surface area contributed by atoms with Gasteiger partial charge in [0.2, 0.25) is 0 Å². The third-order valence-corrected chi connectivity index (χ3v) is 2.33. The summed E-state index contributed by atoms with van der Waals surface area (Å²) in [5, 5.41) is 12.8. The molecule has 0 unspecified atom stereocenters. The maximum atomic E-state index is 11.1. The van der Waals surface area contributed by atoms with E-state index < -0.39 is 15.7 Å². The van der Waals surface area contributed by atoms with Crippen LogP contribution in [-0.4, -0.2) is 15.7 Å². The minimum atomic E-state index is -1.23. The Morgan fingerprint density at radius 3 is 2.50 bits per heavy atom. The molecule has 8 heteroatoms. The molecule has 1 aromatic rings. The molecule has 0 aliphatic heterocycles. The number of nitrogens with one attached hydrogen (secondary N) is 1. The molecule has 0 bridgehead atoms. The summed E-state index contributed by atoms with van der Waals surface area (Å²) >= 11 is 16.3. The molecule has 86 valence electrons. The van der Waals surface area contributed by atoms with E-state index in [2.05, 4.69) is 5.32 Å². The predicted octanol–water partition coefficient (Wildman–Crippen LogP) is 2.99. The van der Waals surface area contributed by atoms with Crippen molar-refractivity contribution in [1.82, 2.24) is 0 Å². The van der Waals surface area contributed by atoms with Gasteiger partial charge in [-0.15, -0.1) is 0 Å². The summed E-state index contributed by atoms with van der Waals surface area (Å²) in [7, 11) is 0. The third kappa shape index (κ3) is 3.23. The van der Waals surface area contributed by atoms with Gasteiger partial charge in [-0.2, -0.15) is 0 Å². The van der Waals surface area contributed by atoms with Crippen molar-refractivity contribution in [3.05, 3.63) is 33.3 Å². The lowest BCUT2D eigenvalue weighted by Crippen LogP contribution is -2.18. The monoisotopic (exact) mass is 282 g/mol. The van der Waals surface area contributed by atoms with Crippen molar-refractivity contribution in [3.63, 3.8) is 0 Å². The normalized spacial score (nSPS) is 10.2. The van der Waals surface area contributed by atoms with Gasteiger partial charge in [-0.3, -0.25) is 14.9 Å². The Kier molecular flexibility index (Phi) is 4.35. The fourth-order valence-corrected chi connectivity index (χ4v) is 1.24. The average molecular weight is 283 g/mol. The lowest BCUT2D eigenvalue weighted by Gasteiger charge is -2.06. The van der Waals surface area contributed by atoms with E-state index in [1.807, 2.05) is 0 Å². The highest BCUT2D eigenvalue weighted by molar-refractivity contribution is 6.54. The molecule has 0 radical (unpaired) electrons. The first-order valence-electron chi connectivity index (χ1n) is 3.95. The molecule has 0 saturated heterocycles. The first kappa shape index (κ1) is 13.0. The van der Waals surface area contributed by atoms with E-state index in [9.17, 15) is 14.9 Å². The standard InChI is InChI=1S/C8H5Cl3N2O3/c9-5-3-4(13(15)16)1-2-6(5)12-8(14)7(10)11/h1-3,7H,(H,12,14). The summed E-state index contributed by atoms with van der Waals surface area (Å²) in [5.74, 6) is -0.654. The topological polar surface area (TPSA) is 72.2 Å². The van der Waals surface area contributed by atoms with Crippen LogP contribution in [-0.2, 0) is 4.79 Å². The van der Waals surface area contributed by atoms with Crippen molar-refractivity contribution >= 4 is 52.1 Å². The number of nitro groups is 1. The van der Waals surface area contributed by atoms with E-state index in [0.717, 1.165) is 6.07 Å². The number of carbonyl (C=O) groups excluding carboxylic acids is 1. The predicted molar refractivity (Wildman–Crippen MR) is 62.2 cm³/mol. The minimum absolute atomic E-state index is 0.0385. The third-order valence-electron chi connectivity index (χ3n) is 1.62. The summed E-state index contributed by atoms with van der Waals surface area (Å²) in [6, 6.07) is 3.63. The molecule has 1 amide bonds. The quantitative estimate of drug-likeness (QED) is 0.526. The summed E-state index contributed by atoms with van der Waals surface area (Å²) in [4.78, 5) is 19.7. The SMILES string of the molecule is O=C(Nc1ccc([N+](=O)[O-])cc1Cl)C(Cl)Cl. The van der Waals surface area contributed by atoms with Gasteiger partial charge < -0.3 is 5.32 Å². The molecule has 0 heterocycles. The molecule has 0 atom stereocenters. The molecule has 1 N–H and O–H groups in total. The van der Waals surface area contributed by atoms with Gasteiger partial charge in [0.05, 0.1) is 15.6 Å². The number of carbonyl (C=O) groups is 1. The molecule has 0 fully saturated rings. The van der Waals surface area contributed by atoms with Crippen molar-refractivity contribution < 1.29 is 9.72 Å². The molecule has 0 spiro atoms. The van der Waals surface area contributed by atoms with Crippen LogP contribution in [0, 0.1) is 10.1 Å². The number of non-ortho nitro benzene ring substituents is 1. The highest BCUT2D eigenvalue weighted by atomic mass is 35.5. The molecule has 1 rings (SSSR count). The van der Waals surface area contributed by atoms with Gasteiger partial charge in [0.25, 0.3) is 11.6 Å². The van der Waals surface area contributed by atoms with Crippen molar-refractivity contribution in [3.8, 4) is 0 Å². The van der Waals surface area contributed by atoms with Crippen LogP contribution in [0.4, 0.5) is 11.4 Å². The zero-order valence-electron chi connectivity index (χ0n) is 7.62. The number of anilines is 1. The molecule has 16 heavy (non-hydrogen) atoms. The van der Waals surface area contributed by atoms with Crippen LogP contribution in [0.15, 0.2) is 18.2 Å². The molecular formula is C8H5Cl3N2O3. The fraction of sp³-hybridized carbons (Fsp3) is 0.125. The number of amides is 1. The van der Waals surface area contributed by atoms with Crippen LogP contribution in [0.5, 0.6) is 0 Å². The number of hydrogen-bond acceptors (Lipinski definition) is 3. The maximum Gasteiger partial charge on any atom is 0.271 e. The molecular weight excluding hydrogens is 278 g/mol. The Bertz CT molecular complexity index is 437. The van der Waals surface area contributed by atoms with E-state index in [-0.39, 0.29) is 16.4 Å². The van der Waals surface area contributed by atoms with Crippen molar-refractivity contribution in [2.24, 2.45) is 0 Å². The van der Waals surface area contributed by atoms with Gasteiger partial charge in [0, 0.05) is 12.1 Å². The second-order valence-corrected chi connectivity index (χ2v) is 4.21. The van der Waals surface area contributed by atoms with Crippen molar-refractivity contribution in [2.75, 3.05) is 5.32 Å². The number of rotatable bonds is 3. The lowest BCUT2D eigenvalue weighted by atomic mass is 10.3. The van der Waals surface area contributed by atoms with Gasteiger partial charge in [0.1, 0.15) is 0 Å². The molecule has 0 aliphatic rings. The van der Waals surface area contributed by atoms with Crippen LogP contribution < -0.4 is 5.32 Å². The minimum Gasteiger partial charge on any atom is -0.322 e. The second-order valence-electron chi connectivity index (χ2n) is 2.71. The van der Waals surface area contributed by atoms with E-state index in [4.69, 9.17) is 34.8 Å². The Labute approximate surface area is 105 Å². The van der Waals surface area contributed by atoms with Crippen molar-refractivity contribution in [2.45, 2.75) is 4.84 Å². The number of nitrogens with zero attached hydrogens (tertiary/aromatic N) is 1. The van der Waals surface area contributed by atoms with Gasteiger partial charge in [-0.05, 0) is 6.07 Å². The van der Waals surface area contributed by atoms with Gasteiger partial charge in [-0.1, -0.05) is 34.8 Å². The van der Waals surface area contributed by atoms with E-state index in [0.29, 0.717) is 0 Å². The van der Waals surface area contributed by atoms with Crippen LogP contribution in [0.1, 0.15) is 0 Å². The van der Waals surface area contributed by atoms with E-state index in [1.165, 1.54) is 12.1 Å². The van der Waals surface area contributed by atoms with Gasteiger partial charge in [0.15, 0.2) is 4.84 Å². The summed E-state index contributed by atoms with van der Waals surface area (Å²) in [5.41, 5.74) is 0.0415. The van der Waals surface area contributed by atoms with Crippen LogP contribution in [0.2, 0.25) is 5.02 Å². The Hall–Kier alpha value is -1.04. The number of hydrogen-bond donors (Lipinski definition) is 1. The van der Waals surface area contributed by atoms with E-state index in [1.54, 1.807) is 0 Å². The smallest absolute Gasteiger partial charge is 0.271 e. The Balaban J connectivity index is 2.91. The van der Waals surface area contributed by atoms with Gasteiger partial charge in [-0.25, -0.2) is 0 Å². The lowest BCUT2D eigenvalue weighted by molar-refractivity contribution is -0.384. The van der Waals surface area contributed by atoms with Crippen LogP contribution >= 0.6 is 34.8 Å². The van der Waals surface area contributed by atoms with Crippen LogP contribution in [0.3, 0.4) is 0 Å². The highest BCUT2D eigenvalue weighted by Gasteiger charge is 2.15. The van der Waals surface area contributed by atoms with E-state index >= 15 is 0 Å². The Morgan fingerprint density at radius 2 is 2.06 bits per heavy atom. The number of halogens is 3. The Morgan fingerprint density at radius 1 is 1.44 bits per heavy atom. The number of benzene rings is 1. The molecule has 5 nitrogen and oxygen atoms in total. The highest BCUT2D eigenvalue weighted by Crippen LogP contribution is 2.27. The zero-order valence-corrected chi connectivity index (χ0v) is 9.88. The number of alkyl halides is 2. The summed E-state index contributed by atoms with van der Waals surface area (Å²) in [6.07, 6.45) is 0. The molecule has 0 saturated carbocycles. The van der Waals surface area contributed by atoms with Crippen LogP contribution in [0.25, 0.3) is 0 Å². The molecule has 1 aromatic carbocycles. The molecule has 0 aromatic heterocycles.